The van der Waals surface area contributed by atoms with Gasteiger partial charge < -0.3 is 14.2 Å². The lowest BCUT2D eigenvalue weighted by molar-refractivity contribution is -0.167. The van der Waals surface area contributed by atoms with Gasteiger partial charge in [0, 0.05) is 19.3 Å². The van der Waals surface area contributed by atoms with Gasteiger partial charge in [-0.2, -0.15) is 0 Å². The van der Waals surface area contributed by atoms with Crippen molar-refractivity contribution >= 4 is 17.9 Å². The molecular weight excluding hydrogens is 829 g/mol. The van der Waals surface area contributed by atoms with E-state index in [1.54, 1.807) is 0 Å². The third-order valence-corrected chi connectivity index (χ3v) is 10.2. The Morgan fingerprint density at radius 1 is 0.313 bits per heavy atom. The Bertz CT molecular complexity index is 1570. The zero-order valence-corrected chi connectivity index (χ0v) is 42.3. The van der Waals surface area contributed by atoms with Crippen LogP contribution in [0.4, 0.5) is 0 Å². The number of allylic oxidation sites excluding steroid dienone is 26. The highest BCUT2D eigenvalue weighted by molar-refractivity contribution is 5.71. The molecule has 0 rings (SSSR count). The predicted octanol–water partition coefficient (Wildman–Crippen LogP) is 17.4. The first-order chi connectivity index (χ1) is 33.0. The molecule has 0 heterocycles. The van der Waals surface area contributed by atoms with E-state index in [0.29, 0.717) is 19.3 Å². The van der Waals surface area contributed by atoms with Gasteiger partial charge in [-0.05, 0) is 96.3 Å². The van der Waals surface area contributed by atoms with Gasteiger partial charge in [-0.1, -0.05) is 230 Å². The topological polar surface area (TPSA) is 78.9 Å². The lowest BCUT2D eigenvalue weighted by Crippen LogP contribution is -2.30. The van der Waals surface area contributed by atoms with Gasteiger partial charge in [0.05, 0.1) is 0 Å². The Hall–Kier alpha value is -4.97. The maximum atomic E-state index is 12.8. The Balaban J connectivity index is 4.56. The van der Waals surface area contributed by atoms with Crippen LogP contribution in [0.3, 0.4) is 0 Å². The van der Waals surface area contributed by atoms with Crippen LogP contribution < -0.4 is 0 Å². The number of carbonyl (C=O) groups is 3. The molecule has 0 saturated heterocycles. The largest absolute Gasteiger partial charge is 0.462 e. The zero-order valence-electron chi connectivity index (χ0n) is 42.3. The second-order valence-corrected chi connectivity index (χ2v) is 16.5. The maximum absolute atomic E-state index is 12.8. The van der Waals surface area contributed by atoms with Crippen LogP contribution in [0.15, 0.2) is 158 Å². The summed E-state index contributed by atoms with van der Waals surface area (Å²) in [4.78, 5) is 38.0. The smallest absolute Gasteiger partial charge is 0.306 e. The van der Waals surface area contributed by atoms with Crippen LogP contribution in [-0.2, 0) is 28.6 Å². The number of hydrogen-bond acceptors (Lipinski definition) is 6. The normalized spacial score (nSPS) is 13.4. The van der Waals surface area contributed by atoms with Crippen molar-refractivity contribution in [3.05, 3.63) is 158 Å². The summed E-state index contributed by atoms with van der Waals surface area (Å²) in [5.41, 5.74) is 0. The van der Waals surface area contributed by atoms with E-state index in [-0.39, 0.29) is 37.5 Å². The van der Waals surface area contributed by atoms with Crippen LogP contribution in [-0.4, -0.2) is 37.2 Å². The second kappa shape index (κ2) is 53.6. The van der Waals surface area contributed by atoms with Gasteiger partial charge >= 0.3 is 17.9 Å². The molecule has 67 heavy (non-hydrogen) atoms. The molecule has 0 aromatic rings. The Labute approximate surface area is 409 Å². The van der Waals surface area contributed by atoms with Crippen molar-refractivity contribution in [2.24, 2.45) is 0 Å². The molecule has 0 aromatic carbocycles. The van der Waals surface area contributed by atoms with Crippen molar-refractivity contribution in [2.75, 3.05) is 13.2 Å². The number of ether oxygens (including phenoxy) is 3. The number of esters is 3. The van der Waals surface area contributed by atoms with Crippen LogP contribution in [0.2, 0.25) is 0 Å². The molecular formula is C61H92O6. The van der Waals surface area contributed by atoms with E-state index < -0.39 is 6.10 Å². The molecule has 0 aliphatic rings. The van der Waals surface area contributed by atoms with Crippen LogP contribution in [0.25, 0.3) is 0 Å². The highest BCUT2D eigenvalue weighted by atomic mass is 16.6. The lowest BCUT2D eigenvalue weighted by atomic mass is 10.1. The monoisotopic (exact) mass is 921 g/mol. The average Bonchev–Trinajstić information content (AvgIpc) is 3.33. The molecule has 6 nitrogen and oxygen atoms in total. The van der Waals surface area contributed by atoms with Gasteiger partial charge in [0.15, 0.2) is 6.10 Å². The Morgan fingerprint density at radius 3 is 1.03 bits per heavy atom. The summed E-state index contributed by atoms with van der Waals surface area (Å²) in [5.74, 6) is -1.01. The Morgan fingerprint density at radius 2 is 0.612 bits per heavy atom. The molecule has 1 atom stereocenters. The standard InChI is InChI=1S/C61H92O6/c1-4-7-10-13-16-19-22-25-28-29-30-31-34-36-39-42-45-48-51-54-60(63)66-57-58(67-61(64)55-52-49-46-43-40-37-33-27-24-21-18-15-12-9-6-3)56-65-59(62)53-50-47-44-41-38-35-32-26-23-20-17-14-11-8-5-2/h7-12,14-21,23-28,30-33,37,40,58H,4-6,13,22,29,34-36,38-39,41-57H2,1-3H3/b10-7-,11-8-,12-9-,17-14-,18-15-,19-16-,23-20-,24-21-,28-25-,31-30-,32-26-,33-27-,40-37-. The third-order valence-electron chi connectivity index (χ3n) is 10.2. The molecule has 0 fully saturated rings. The van der Waals surface area contributed by atoms with Crippen molar-refractivity contribution in [1.29, 1.82) is 0 Å². The van der Waals surface area contributed by atoms with Gasteiger partial charge in [0.2, 0.25) is 0 Å². The quantitative estimate of drug-likeness (QED) is 0.0199. The van der Waals surface area contributed by atoms with Crippen molar-refractivity contribution in [1.82, 2.24) is 0 Å². The van der Waals surface area contributed by atoms with Crippen molar-refractivity contribution in [2.45, 2.75) is 194 Å². The predicted molar refractivity (Wildman–Crippen MR) is 288 cm³/mol. The van der Waals surface area contributed by atoms with Crippen LogP contribution in [0, 0.1) is 0 Å². The number of unbranched alkanes of at least 4 members (excludes halogenated alkanes) is 14. The van der Waals surface area contributed by atoms with E-state index >= 15 is 0 Å². The van der Waals surface area contributed by atoms with E-state index in [2.05, 4.69) is 106 Å². The summed E-state index contributed by atoms with van der Waals surface area (Å²) in [6.45, 7) is 6.15. The highest BCUT2D eigenvalue weighted by Gasteiger charge is 2.19. The van der Waals surface area contributed by atoms with E-state index in [1.807, 2.05) is 72.9 Å². The summed E-state index contributed by atoms with van der Waals surface area (Å²) in [7, 11) is 0. The minimum atomic E-state index is -0.825. The minimum Gasteiger partial charge on any atom is -0.462 e. The first-order valence-electron chi connectivity index (χ1n) is 26.1. The van der Waals surface area contributed by atoms with Gasteiger partial charge in [0.25, 0.3) is 0 Å². The number of carbonyl (C=O) groups excluding carboxylic acids is 3. The van der Waals surface area contributed by atoms with Crippen molar-refractivity contribution in [3.63, 3.8) is 0 Å². The highest BCUT2D eigenvalue weighted by Crippen LogP contribution is 2.13. The summed E-state index contributed by atoms with van der Waals surface area (Å²) in [6.07, 6.45) is 77.9. The van der Waals surface area contributed by atoms with Crippen molar-refractivity contribution < 1.29 is 28.6 Å². The second-order valence-electron chi connectivity index (χ2n) is 16.5. The van der Waals surface area contributed by atoms with E-state index in [9.17, 15) is 14.4 Å². The van der Waals surface area contributed by atoms with Crippen LogP contribution in [0.1, 0.15) is 188 Å². The first kappa shape index (κ1) is 62.0. The molecule has 372 valence electrons. The summed E-state index contributed by atoms with van der Waals surface area (Å²) >= 11 is 0. The summed E-state index contributed by atoms with van der Waals surface area (Å²) in [5, 5.41) is 0. The molecule has 6 heteroatoms. The average molecular weight is 921 g/mol. The summed E-state index contributed by atoms with van der Waals surface area (Å²) < 4.78 is 16.7. The van der Waals surface area contributed by atoms with E-state index in [4.69, 9.17) is 14.2 Å². The van der Waals surface area contributed by atoms with Crippen LogP contribution in [0.5, 0.6) is 0 Å². The SMILES string of the molecule is CC\C=C/C=C\C=C/C=C\C=C/CCCCCC(=O)OC(COC(=O)CCCCCCC\C=C/C=C\C=C/C=C\CC)COC(=O)CCCCCCCC/C=C\C/C=C\C/C=C\C/C=C\CC. The fourth-order valence-corrected chi connectivity index (χ4v) is 6.40. The summed E-state index contributed by atoms with van der Waals surface area (Å²) in [6, 6.07) is 0. The van der Waals surface area contributed by atoms with E-state index in [0.717, 1.165) is 128 Å². The first-order valence-corrected chi connectivity index (χ1v) is 26.1. The van der Waals surface area contributed by atoms with Crippen LogP contribution >= 0.6 is 0 Å². The minimum absolute atomic E-state index is 0.119. The molecule has 1 unspecified atom stereocenters. The van der Waals surface area contributed by atoms with Gasteiger partial charge in [0.1, 0.15) is 13.2 Å². The Kier molecular flexibility index (Phi) is 49.7. The number of hydrogen-bond donors (Lipinski definition) is 0. The molecule has 0 N–H and O–H groups in total. The van der Waals surface area contributed by atoms with Gasteiger partial charge in [-0.25, -0.2) is 0 Å². The molecule has 0 aromatic heterocycles. The molecule has 0 bridgehead atoms. The maximum Gasteiger partial charge on any atom is 0.306 e. The molecule has 0 radical (unpaired) electrons. The van der Waals surface area contributed by atoms with Gasteiger partial charge in [-0.15, -0.1) is 0 Å². The molecule has 0 aliphatic heterocycles. The lowest BCUT2D eigenvalue weighted by Gasteiger charge is -2.18. The van der Waals surface area contributed by atoms with E-state index in [1.165, 1.54) is 12.8 Å². The third kappa shape index (κ3) is 51.9. The fraction of sp³-hybridized carbons (Fsp3) is 0.525. The fourth-order valence-electron chi connectivity index (χ4n) is 6.40. The number of rotatable bonds is 44. The molecule has 0 spiro atoms. The van der Waals surface area contributed by atoms with Crippen molar-refractivity contribution in [3.8, 4) is 0 Å². The zero-order chi connectivity index (χ0) is 48.6. The molecule has 0 aliphatic carbocycles. The molecule has 0 amide bonds. The molecule has 0 saturated carbocycles. The van der Waals surface area contributed by atoms with Gasteiger partial charge in [-0.3, -0.25) is 14.4 Å².